The van der Waals surface area contributed by atoms with Crippen molar-refractivity contribution < 1.29 is 22.7 Å². The minimum absolute atomic E-state index is 0.270. The van der Waals surface area contributed by atoms with E-state index in [9.17, 15) is 18.0 Å². The molecule has 1 aromatic rings. The Morgan fingerprint density at radius 3 is 2.68 bits per heavy atom. The molecule has 0 aromatic heterocycles. The zero-order valence-electron chi connectivity index (χ0n) is 12.3. The minimum Gasteiger partial charge on any atom is -0.369 e. The molecule has 1 saturated heterocycles. The van der Waals surface area contributed by atoms with Gasteiger partial charge in [0.15, 0.2) is 0 Å². The van der Waals surface area contributed by atoms with Crippen LogP contribution in [0.3, 0.4) is 0 Å². The summed E-state index contributed by atoms with van der Waals surface area (Å²) in [7, 11) is 0. The number of likely N-dealkylation sites (tertiary alicyclic amines) is 1. The number of carbonyl (C=O) groups excluding carboxylic acids is 1. The van der Waals surface area contributed by atoms with Crippen molar-refractivity contribution in [3.8, 4) is 0 Å². The van der Waals surface area contributed by atoms with Gasteiger partial charge in [-0.2, -0.15) is 0 Å². The lowest BCUT2D eigenvalue weighted by atomic mass is 10.0. The van der Waals surface area contributed by atoms with Crippen molar-refractivity contribution in [2.24, 2.45) is 0 Å². The summed E-state index contributed by atoms with van der Waals surface area (Å²) >= 11 is 0. The summed E-state index contributed by atoms with van der Waals surface area (Å²) in [5, 5.41) is 2.75. The van der Waals surface area contributed by atoms with Crippen molar-refractivity contribution in [2.75, 3.05) is 19.7 Å². The molecule has 2 amide bonds. The fourth-order valence-corrected chi connectivity index (χ4v) is 2.32. The van der Waals surface area contributed by atoms with Crippen LogP contribution in [-0.4, -0.2) is 43.2 Å². The van der Waals surface area contributed by atoms with Crippen LogP contribution in [0.5, 0.6) is 0 Å². The Labute approximate surface area is 127 Å². The number of halogens is 3. The first-order valence-electron chi connectivity index (χ1n) is 7.20. The van der Waals surface area contributed by atoms with Crippen LogP contribution in [0.2, 0.25) is 0 Å². The maximum absolute atomic E-state index is 13.8. The van der Waals surface area contributed by atoms with Crippen molar-refractivity contribution in [3.05, 3.63) is 35.6 Å². The predicted octanol–water partition coefficient (Wildman–Crippen LogP) is 2.95. The molecular weight excluding hydrogens is 297 g/mol. The molecular formula is C15H19F3N2O2. The zero-order chi connectivity index (χ0) is 16.1. The van der Waals surface area contributed by atoms with E-state index in [1.807, 2.05) is 6.92 Å². The molecule has 7 heteroatoms. The number of nitrogens with zero attached hydrogens (tertiary/aromatic N) is 1. The number of nitrogens with one attached hydrogen (secondary N) is 1. The van der Waals surface area contributed by atoms with E-state index in [4.69, 9.17) is 4.74 Å². The molecule has 1 N–H and O–H groups in total. The number of rotatable bonds is 6. The van der Waals surface area contributed by atoms with Crippen molar-refractivity contribution >= 4 is 6.03 Å². The summed E-state index contributed by atoms with van der Waals surface area (Å²) in [5.74, 6) is -0.364. The second-order valence-electron chi connectivity index (χ2n) is 5.18. The molecule has 0 radical (unpaired) electrons. The van der Waals surface area contributed by atoms with Gasteiger partial charge < -0.3 is 15.0 Å². The van der Waals surface area contributed by atoms with E-state index < -0.39 is 19.1 Å². The Morgan fingerprint density at radius 2 is 2.09 bits per heavy atom. The first kappa shape index (κ1) is 16.6. The van der Waals surface area contributed by atoms with Crippen LogP contribution in [0, 0.1) is 5.82 Å². The molecule has 0 spiro atoms. The molecule has 1 aliphatic rings. The van der Waals surface area contributed by atoms with Crippen LogP contribution in [0.4, 0.5) is 18.0 Å². The van der Waals surface area contributed by atoms with Gasteiger partial charge >= 0.3 is 6.03 Å². The highest BCUT2D eigenvalue weighted by Crippen LogP contribution is 2.21. The lowest BCUT2D eigenvalue weighted by Crippen LogP contribution is -2.58. The first-order valence-corrected chi connectivity index (χ1v) is 7.20. The van der Waals surface area contributed by atoms with Crippen LogP contribution < -0.4 is 5.32 Å². The van der Waals surface area contributed by atoms with E-state index in [-0.39, 0.29) is 31.0 Å². The van der Waals surface area contributed by atoms with Crippen LogP contribution in [-0.2, 0) is 4.74 Å². The molecule has 22 heavy (non-hydrogen) atoms. The second-order valence-corrected chi connectivity index (χ2v) is 5.18. The van der Waals surface area contributed by atoms with E-state index in [2.05, 4.69) is 5.32 Å². The summed E-state index contributed by atoms with van der Waals surface area (Å²) in [4.78, 5) is 13.5. The Kier molecular flexibility index (Phi) is 5.65. The summed E-state index contributed by atoms with van der Waals surface area (Å²) in [5.41, 5.74) is 0.435. The van der Waals surface area contributed by atoms with Gasteiger partial charge in [-0.25, -0.2) is 18.0 Å². The van der Waals surface area contributed by atoms with E-state index in [1.54, 1.807) is 18.2 Å². The highest BCUT2D eigenvalue weighted by atomic mass is 19.3. The smallest absolute Gasteiger partial charge is 0.318 e. The van der Waals surface area contributed by atoms with Gasteiger partial charge in [0, 0.05) is 5.56 Å². The maximum Gasteiger partial charge on any atom is 0.318 e. The fourth-order valence-electron chi connectivity index (χ4n) is 2.32. The monoisotopic (exact) mass is 316 g/mol. The van der Waals surface area contributed by atoms with Gasteiger partial charge in [0.05, 0.1) is 25.2 Å². The van der Waals surface area contributed by atoms with Gasteiger partial charge in [-0.1, -0.05) is 25.1 Å². The molecule has 1 aromatic carbocycles. The van der Waals surface area contributed by atoms with Gasteiger partial charge in [-0.05, 0) is 12.5 Å². The van der Waals surface area contributed by atoms with Gasteiger partial charge in [-0.3, -0.25) is 0 Å². The number of benzene rings is 1. The zero-order valence-corrected chi connectivity index (χ0v) is 12.3. The summed E-state index contributed by atoms with van der Waals surface area (Å²) in [6.07, 6.45) is -2.31. The largest absolute Gasteiger partial charge is 0.369 e. The second kappa shape index (κ2) is 7.49. The van der Waals surface area contributed by atoms with E-state index in [1.165, 1.54) is 11.0 Å². The first-order chi connectivity index (χ1) is 10.5. The van der Waals surface area contributed by atoms with Gasteiger partial charge in [0.2, 0.25) is 0 Å². The Balaban J connectivity index is 1.83. The SMILES string of the molecule is CC[C@H](NC(=O)N1CC(OCC(F)F)C1)c1ccccc1F. The number of hydrogen-bond donors (Lipinski definition) is 1. The number of urea groups is 1. The molecule has 122 valence electrons. The third-order valence-electron chi connectivity index (χ3n) is 3.58. The molecule has 4 nitrogen and oxygen atoms in total. The standard InChI is InChI=1S/C15H19F3N2O2/c1-2-13(11-5-3-4-6-12(11)16)19-15(21)20-7-10(8-20)22-9-14(17)18/h3-6,10,13-14H,2,7-9H2,1H3,(H,19,21)/t13-/m0/s1. The Hall–Kier alpha value is -1.76. The topological polar surface area (TPSA) is 41.6 Å². The average molecular weight is 316 g/mol. The quantitative estimate of drug-likeness (QED) is 0.877. The van der Waals surface area contributed by atoms with Gasteiger partial charge in [0.1, 0.15) is 12.4 Å². The Morgan fingerprint density at radius 1 is 1.41 bits per heavy atom. The number of alkyl halides is 2. The van der Waals surface area contributed by atoms with Crippen LogP contribution in [0.15, 0.2) is 24.3 Å². The molecule has 0 bridgehead atoms. The van der Waals surface area contributed by atoms with Crippen molar-refractivity contribution in [1.82, 2.24) is 10.2 Å². The molecule has 1 fully saturated rings. The average Bonchev–Trinajstić information content (AvgIpc) is 2.43. The van der Waals surface area contributed by atoms with Gasteiger partial charge in [0.25, 0.3) is 6.43 Å². The molecule has 0 aliphatic carbocycles. The van der Waals surface area contributed by atoms with Crippen LogP contribution in [0.25, 0.3) is 0 Å². The predicted molar refractivity (Wildman–Crippen MR) is 75.3 cm³/mol. The third-order valence-corrected chi connectivity index (χ3v) is 3.58. The maximum atomic E-state index is 13.8. The molecule has 1 atom stereocenters. The van der Waals surface area contributed by atoms with E-state index in [0.29, 0.717) is 12.0 Å². The van der Waals surface area contributed by atoms with Crippen molar-refractivity contribution in [3.63, 3.8) is 0 Å². The number of hydrogen-bond acceptors (Lipinski definition) is 2. The van der Waals surface area contributed by atoms with Crippen LogP contribution in [0.1, 0.15) is 24.9 Å². The number of ether oxygens (including phenoxy) is 1. The summed E-state index contributed by atoms with van der Waals surface area (Å²) in [6.45, 7) is 1.77. The number of carbonyl (C=O) groups is 1. The lowest BCUT2D eigenvalue weighted by Gasteiger charge is -2.39. The molecule has 1 aliphatic heterocycles. The normalized spacial score (nSPS) is 16.5. The van der Waals surface area contributed by atoms with Gasteiger partial charge in [-0.15, -0.1) is 0 Å². The highest BCUT2D eigenvalue weighted by molar-refractivity contribution is 5.75. The lowest BCUT2D eigenvalue weighted by molar-refractivity contribution is -0.0747. The fraction of sp³-hybridized carbons (Fsp3) is 0.533. The molecule has 2 rings (SSSR count). The summed E-state index contributed by atoms with van der Waals surface area (Å²) in [6, 6.07) is 5.52. The molecule has 1 heterocycles. The van der Waals surface area contributed by atoms with E-state index in [0.717, 1.165) is 0 Å². The van der Waals surface area contributed by atoms with Crippen molar-refractivity contribution in [1.29, 1.82) is 0 Å². The Bertz CT molecular complexity index is 507. The molecule has 0 unspecified atom stereocenters. The highest BCUT2D eigenvalue weighted by Gasteiger charge is 2.33. The van der Waals surface area contributed by atoms with Crippen LogP contribution >= 0.6 is 0 Å². The number of amides is 2. The minimum atomic E-state index is -2.51. The third kappa shape index (κ3) is 4.13. The molecule has 0 saturated carbocycles. The van der Waals surface area contributed by atoms with Crippen molar-refractivity contribution in [2.45, 2.75) is 31.9 Å². The van der Waals surface area contributed by atoms with E-state index >= 15 is 0 Å². The summed E-state index contributed by atoms with van der Waals surface area (Å²) < 4.78 is 42.7.